The molecule has 0 amide bonds. The van der Waals surface area contributed by atoms with E-state index in [1.807, 2.05) is 0 Å². The van der Waals surface area contributed by atoms with E-state index >= 15 is 0 Å². The van der Waals surface area contributed by atoms with Gasteiger partial charge < -0.3 is 4.42 Å². The van der Waals surface area contributed by atoms with Crippen molar-refractivity contribution in [3.05, 3.63) is 58.7 Å². The van der Waals surface area contributed by atoms with Crippen LogP contribution < -0.4 is 0 Å². The topological polar surface area (TPSA) is 38.9 Å². The summed E-state index contributed by atoms with van der Waals surface area (Å²) in [5, 5.41) is 8.38. The van der Waals surface area contributed by atoms with Crippen molar-refractivity contribution in [3.8, 4) is 22.9 Å². The van der Waals surface area contributed by atoms with E-state index in [2.05, 4.69) is 74.3 Å². The van der Waals surface area contributed by atoms with E-state index in [9.17, 15) is 0 Å². The Kier molecular flexibility index (Phi) is 3.34. The maximum Gasteiger partial charge on any atom is 0.248 e. The fourth-order valence-corrected chi connectivity index (χ4v) is 2.65. The van der Waals surface area contributed by atoms with Crippen LogP contribution in [-0.2, 0) is 0 Å². The molecule has 0 unspecified atom stereocenters. The molecule has 21 heavy (non-hydrogen) atoms. The lowest BCUT2D eigenvalue weighted by atomic mass is 10.1. The molecule has 3 aromatic rings. The standard InChI is InChI=1S/C18H18N2O/c1-11-5-12(2)8-15(7-11)17-19-20-18(21-17)16-9-13(3)6-14(4)10-16/h5-10H,1-4H3. The van der Waals surface area contributed by atoms with Gasteiger partial charge in [-0.25, -0.2) is 0 Å². The minimum atomic E-state index is 0.566. The molecule has 0 aliphatic rings. The van der Waals surface area contributed by atoms with Gasteiger partial charge in [-0.2, -0.15) is 0 Å². The van der Waals surface area contributed by atoms with Crippen LogP contribution in [0.3, 0.4) is 0 Å². The first-order valence-corrected chi connectivity index (χ1v) is 7.02. The number of aryl methyl sites for hydroxylation is 4. The molecule has 0 aliphatic heterocycles. The zero-order valence-electron chi connectivity index (χ0n) is 12.8. The third-order valence-electron chi connectivity index (χ3n) is 3.36. The van der Waals surface area contributed by atoms with Crippen LogP contribution in [0.2, 0.25) is 0 Å². The normalized spacial score (nSPS) is 10.9. The number of rotatable bonds is 2. The molecule has 3 heteroatoms. The van der Waals surface area contributed by atoms with Gasteiger partial charge in [0.15, 0.2) is 0 Å². The van der Waals surface area contributed by atoms with Gasteiger partial charge in [0.2, 0.25) is 11.8 Å². The zero-order valence-corrected chi connectivity index (χ0v) is 12.8. The largest absolute Gasteiger partial charge is 0.416 e. The quantitative estimate of drug-likeness (QED) is 0.685. The molecular weight excluding hydrogens is 260 g/mol. The van der Waals surface area contributed by atoms with Crippen molar-refractivity contribution in [1.29, 1.82) is 0 Å². The van der Waals surface area contributed by atoms with E-state index in [1.165, 1.54) is 22.3 Å². The monoisotopic (exact) mass is 278 g/mol. The van der Waals surface area contributed by atoms with Crippen molar-refractivity contribution in [1.82, 2.24) is 10.2 Å². The molecule has 3 rings (SSSR count). The fourth-order valence-electron chi connectivity index (χ4n) is 2.65. The van der Waals surface area contributed by atoms with Gasteiger partial charge in [-0.05, 0) is 52.0 Å². The molecule has 0 spiro atoms. The van der Waals surface area contributed by atoms with Crippen molar-refractivity contribution >= 4 is 0 Å². The maximum atomic E-state index is 5.85. The molecule has 0 fully saturated rings. The summed E-state index contributed by atoms with van der Waals surface area (Å²) < 4.78 is 5.85. The summed E-state index contributed by atoms with van der Waals surface area (Å²) in [6.07, 6.45) is 0. The molecule has 0 saturated heterocycles. The van der Waals surface area contributed by atoms with Crippen molar-refractivity contribution in [3.63, 3.8) is 0 Å². The first-order valence-electron chi connectivity index (χ1n) is 7.02. The predicted octanol–water partition coefficient (Wildman–Crippen LogP) is 4.64. The van der Waals surface area contributed by atoms with Crippen molar-refractivity contribution in [2.45, 2.75) is 27.7 Å². The minimum Gasteiger partial charge on any atom is -0.416 e. The third kappa shape index (κ3) is 2.87. The molecule has 1 aromatic heterocycles. The van der Waals surface area contributed by atoms with E-state index in [-0.39, 0.29) is 0 Å². The molecule has 0 saturated carbocycles. The van der Waals surface area contributed by atoms with Gasteiger partial charge in [-0.3, -0.25) is 0 Å². The second-order valence-electron chi connectivity index (χ2n) is 5.67. The van der Waals surface area contributed by atoms with Gasteiger partial charge in [0.1, 0.15) is 0 Å². The van der Waals surface area contributed by atoms with E-state index in [1.54, 1.807) is 0 Å². The van der Waals surface area contributed by atoms with E-state index in [0.29, 0.717) is 11.8 Å². The molecule has 3 nitrogen and oxygen atoms in total. The van der Waals surface area contributed by atoms with Crippen LogP contribution in [0.5, 0.6) is 0 Å². The average molecular weight is 278 g/mol. The summed E-state index contributed by atoms with van der Waals surface area (Å²) in [6, 6.07) is 12.5. The highest BCUT2D eigenvalue weighted by Crippen LogP contribution is 2.26. The van der Waals surface area contributed by atoms with Crippen LogP contribution in [-0.4, -0.2) is 10.2 Å². The summed E-state index contributed by atoms with van der Waals surface area (Å²) in [6.45, 7) is 8.27. The Morgan fingerprint density at radius 1 is 0.571 bits per heavy atom. The molecular formula is C18H18N2O. The Bertz CT molecular complexity index is 696. The van der Waals surface area contributed by atoms with Crippen LogP contribution in [0.1, 0.15) is 22.3 Å². The smallest absolute Gasteiger partial charge is 0.248 e. The van der Waals surface area contributed by atoms with Crippen molar-refractivity contribution in [2.75, 3.05) is 0 Å². The average Bonchev–Trinajstić information content (AvgIpc) is 2.85. The number of benzene rings is 2. The lowest BCUT2D eigenvalue weighted by Crippen LogP contribution is -1.82. The number of nitrogens with zero attached hydrogens (tertiary/aromatic N) is 2. The lowest BCUT2D eigenvalue weighted by Gasteiger charge is -2.01. The SMILES string of the molecule is Cc1cc(C)cc(-c2nnc(-c3cc(C)cc(C)c3)o2)c1. The maximum absolute atomic E-state index is 5.85. The molecule has 0 aliphatic carbocycles. The van der Waals surface area contributed by atoms with Crippen LogP contribution in [0.4, 0.5) is 0 Å². The second kappa shape index (κ2) is 5.17. The molecule has 1 heterocycles. The zero-order chi connectivity index (χ0) is 15.0. The summed E-state index contributed by atoms with van der Waals surface area (Å²) in [5.74, 6) is 1.13. The summed E-state index contributed by atoms with van der Waals surface area (Å²) >= 11 is 0. The van der Waals surface area contributed by atoms with Gasteiger partial charge in [0.25, 0.3) is 0 Å². The Labute approximate surface area is 124 Å². The second-order valence-corrected chi connectivity index (χ2v) is 5.67. The molecule has 0 radical (unpaired) electrons. The van der Waals surface area contributed by atoms with Crippen molar-refractivity contribution in [2.24, 2.45) is 0 Å². The molecule has 0 N–H and O–H groups in total. The van der Waals surface area contributed by atoms with Gasteiger partial charge in [0.05, 0.1) is 0 Å². The Balaban J connectivity index is 2.03. The molecule has 2 aromatic carbocycles. The van der Waals surface area contributed by atoms with Gasteiger partial charge >= 0.3 is 0 Å². The summed E-state index contributed by atoms with van der Waals surface area (Å²) in [5.41, 5.74) is 6.70. The van der Waals surface area contributed by atoms with Gasteiger partial charge in [-0.15, -0.1) is 10.2 Å². The van der Waals surface area contributed by atoms with E-state index in [4.69, 9.17) is 4.42 Å². The third-order valence-corrected chi connectivity index (χ3v) is 3.36. The number of hydrogen-bond donors (Lipinski definition) is 0. The highest BCUT2D eigenvalue weighted by molar-refractivity contribution is 5.60. The van der Waals surface area contributed by atoms with E-state index < -0.39 is 0 Å². The summed E-state index contributed by atoms with van der Waals surface area (Å²) in [4.78, 5) is 0. The van der Waals surface area contributed by atoms with E-state index in [0.717, 1.165) is 11.1 Å². The van der Waals surface area contributed by atoms with Crippen LogP contribution >= 0.6 is 0 Å². The fraction of sp³-hybridized carbons (Fsp3) is 0.222. The molecule has 106 valence electrons. The Hall–Kier alpha value is -2.42. The molecule has 0 atom stereocenters. The summed E-state index contributed by atoms with van der Waals surface area (Å²) in [7, 11) is 0. The first-order chi connectivity index (χ1) is 10.0. The minimum absolute atomic E-state index is 0.566. The molecule has 0 bridgehead atoms. The van der Waals surface area contributed by atoms with Gasteiger partial charge in [0, 0.05) is 11.1 Å². The Morgan fingerprint density at radius 2 is 0.905 bits per heavy atom. The number of aromatic nitrogens is 2. The highest BCUT2D eigenvalue weighted by atomic mass is 16.4. The highest BCUT2D eigenvalue weighted by Gasteiger charge is 2.11. The van der Waals surface area contributed by atoms with Gasteiger partial charge in [-0.1, -0.05) is 34.4 Å². The van der Waals surface area contributed by atoms with Crippen LogP contribution in [0.15, 0.2) is 40.8 Å². The lowest BCUT2D eigenvalue weighted by molar-refractivity contribution is 0.584. The van der Waals surface area contributed by atoms with Crippen molar-refractivity contribution < 1.29 is 4.42 Å². The van der Waals surface area contributed by atoms with Crippen LogP contribution in [0.25, 0.3) is 22.9 Å². The first kappa shape index (κ1) is 13.6. The Morgan fingerprint density at radius 3 is 1.24 bits per heavy atom. The number of hydrogen-bond acceptors (Lipinski definition) is 3. The predicted molar refractivity (Wildman–Crippen MR) is 84.1 cm³/mol. The van der Waals surface area contributed by atoms with Crippen LogP contribution in [0, 0.1) is 27.7 Å².